The number of H-pyrrole nitrogens is 1. The Morgan fingerprint density at radius 1 is 1.23 bits per heavy atom. The lowest BCUT2D eigenvalue weighted by Gasteiger charge is -2.03. The summed E-state index contributed by atoms with van der Waals surface area (Å²) in [6.07, 6.45) is 0. The summed E-state index contributed by atoms with van der Waals surface area (Å²) in [5, 5.41) is 5.38. The number of hydrogen-bond donors (Lipinski definition) is 3. The van der Waals surface area contributed by atoms with Crippen LogP contribution in [0.25, 0.3) is 22.2 Å². The van der Waals surface area contributed by atoms with Gasteiger partial charge in [-0.2, -0.15) is 0 Å². The number of carbonyl (C=O) groups is 1. The van der Waals surface area contributed by atoms with Crippen LogP contribution in [-0.4, -0.2) is 30.4 Å². The first-order valence-corrected chi connectivity index (χ1v) is 7.28. The van der Waals surface area contributed by atoms with Crippen molar-refractivity contribution in [2.45, 2.75) is 6.92 Å². The molecule has 0 radical (unpaired) electrons. The monoisotopic (exact) mass is 292 g/mol. The molecule has 0 saturated carbocycles. The largest absolute Gasteiger partial charge is 0.338 e. The van der Waals surface area contributed by atoms with E-state index in [1.807, 2.05) is 39.0 Å². The summed E-state index contributed by atoms with van der Waals surface area (Å²) in [6, 6.07) is 14.0. The van der Waals surface area contributed by atoms with Gasteiger partial charge in [0.15, 0.2) is 0 Å². The van der Waals surface area contributed by atoms with Gasteiger partial charge in [0.25, 0.3) is 0 Å². The van der Waals surface area contributed by atoms with Crippen LogP contribution in [0.3, 0.4) is 0 Å². The summed E-state index contributed by atoms with van der Waals surface area (Å²) in [5.41, 5.74) is 5.13. The highest BCUT2D eigenvalue weighted by atomic mass is 16.2. The Kier molecular flexibility index (Phi) is 3.83. The number of carbonyl (C=O) groups excluding carboxylic acids is 1. The zero-order chi connectivity index (χ0) is 15.5. The standard InChI is InChI=1S/C16H17BN4O/c1-2-18-16(22)21-15-19-13-9-11(8-12(17)14(13)20-15)10-6-4-3-5-7-10/h3-9H,2,17H2,1H3,(H3,18,19,20,21,22). The van der Waals surface area contributed by atoms with Crippen molar-refractivity contribution in [1.29, 1.82) is 0 Å². The lowest BCUT2D eigenvalue weighted by molar-refractivity contribution is 0.252. The predicted octanol–water partition coefficient (Wildman–Crippen LogP) is 1.63. The van der Waals surface area contributed by atoms with Gasteiger partial charge >= 0.3 is 6.03 Å². The second kappa shape index (κ2) is 5.93. The summed E-state index contributed by atoms with van der Waals surface area (Å²) in [4.78, 5) is 19.2. The third-order valence-electron chi connectivity index (χ3n) is 3.47. The molecule has 2 amide bonds. The molecule has 3 aromatic rings. The Hall–Kier alpha value is -2.76. The molecule has 0 bridgehead atoms. The summed E-state index contributed by atoms with van der Waals surface area (Å²) in [5.74, 6) is 0.453. The molecular formula is C16H17BN4O. The van der Waals surface area contributed by atoms with Gasteiger partial charge in [-0.05, 0) is 24.1 Å². The number of imidazole rings is 1. The maximum absolute atomic E-state index is 11.6. The van der Waals surface area contributed by atoms with E-state index < -0.39 is 0 Å². The van der Waals surface area contributed by atoms with Crippen molar-refractivity contribution in [3.63, 3.8) is 0 Å². The Morgan fingerprint density at radius 2 is 2.00 bits per heavy atom. The first-order valence-electron chi connectivity index (χ1n) is 7.28. The van der Waals surface area contributed by atoms with Gasteiger partial charge in [-0.3, -0.25) is 5.32 Å². The van der Waals surface area contributed by atoms with E-state index in [1.54, 1.807) is 0 Å². The third kappa shape index (κ3) is 2.81. The van der Waals surface area contributed by atoms with E-state index in [0.29, 0.717) is 12.5 Å². The van der Waals surface area contributed by atoms with Gasteiger partial charge in [0.05, 0.1) is 11.0 Å². The van der Waals surface area contributed by atoms with Crippen LogP contribution >= 0.6 is 0 Å². The van der Waals surface area contributed by atoms with Gasteiger partial charge in [0.2, 0.25) is 5.95 Å². The molecule has 1 heterocycles. The van der Waals surface area contributed by atoms with E-state index in [-0.39, 0.29) is 6.03 Å². The maximum atomic E-state index is 11.6. The highest BCUT2D eigenvalue weighted by Crippen LogP contribution is 2.22. The number of amides is 2. The van der Waals surface area contributed by atoms with Gasteiger partial charge in [0, 0.05) is 6.54 Å². The Morgan fingerprint density at radius 3 is 2.73 bits per heavy atom. The molecule has 110 valence electrons. The number of anilines is 1. The summed E-state index contributed by atoms with van der Waals surface area (Å²) in [7, 11) is 2.03. The molecule has 0 fully saturated rings. The third-order valence-corrected chi connectivity index (χ3v) is 3.47. The van der Waals surface area contributed by atoms with Crippen molar-refractivity contribution in [3.8, 4) is 11.1 Å². The fourth-order valence-corrected chi connectivity index (χ4v) is 2.45. The van der Waals surface area contributed by atoms with Crippen LogP contribution in [0.2, 0.25) is 0 Å². The Labute approximate surface area is 129 Å². The highest BCUT2D eigenvalue weighted by Gasteiger charge is 2.09. The molecule has 0 aliphatic carbocycles. The highest BCUT2D eigenvalue weighted by molar-refractivity contribution is 6.38. The topological polar surface area (TPSA) is 69.8 Å². The normalized spacial score (nSPS) is 10.6. The zero-order valence-corrected chi connectivity index (χ0v) is 12.6. The van der Waals surface area contributed by atoms with E-state index in [1.165, 1.54) is 0 Å². The SMILES string of the molecule is Bc1cc(-c2ccccc2)cc2nc(NC(=O)NCC)[nH]c12. The minimum Gasteiger partial charge on any atom is -0.338 e. The number of nitrogens with one attached hydrogen (secondary N) is 3. The first kappa shape index (κ1) is 14.2. The fraction of sp³-hybridized carbons (Fsp3) is 0.125. The fourth-order valence-electron chi connectivity index (χ4n) is 2.45. The van der Waals surface area contributed by atoms with Crippen molar-refractivity contribution in [1.82, 2.24) is 15.3 Å². The zero-order valence-electron chi connectivity index (χ0n) is 12.6. The van der Waals surface area contributed by atoms with Crippen molar-refractivity contribution < 1.29 is 4.79 Å². The van der Waals surface area contributed by atoms with Crippen LogP contribution in [0.15, 0.2) is 42.5 Å². The number of urea groups is 1. The molecule has 22 heavy (non-hydrogen) atoms. The number of aromatic nitrogens is 2. The molecule has 0 unspecified atom stereocenters. The van der Waals surface area contributed by atoms with Crippen LogP contribution in [0, 0.1) is 0 Å². The number of fused-ring (bicyclic) bond motifs is 1. The second-order valence-corrected chi connectivity index (χ2v) is 5.12. The van der Waals surface area contributed by atoms with Crippen LogP contribution in [0.5, 0.6) is 0 Å². The number of benzene rings is 2. The first-order chi connectivity index (χ1) is 10.7. The number of hydrogen-bond acceptors (Lipinski definition) is 2. The summed E-state index contributed by atoms with van der Waals surface area (Å²) >= 11 is 0. The molecule has 1 aromatic heterocycles. The molecule has 0 saturated heterocycles. The molecular weight excluding hydrogens is 275 g/mol. The smallest absolute Gasteiger partial charge is 0.321 e. The molecule has 2 aromatic carbocycles. The number of rotatable bonds is 3. The van der Waals surface area contributed by atoms with Gasteiger partial charge in [-0.1, -0.05) is 41.9 Å². The molecule has 0 spiro atoms. The molecule has 0 aliphatic rings. The van der Waals surface area contributed by atoms with Crippen LogP contribution in [0.4, 0.5) is 10.7 Å². The average molecular weight is 292 g/mol. The molecule has 3 rings (SSSR count). The van der Waals surface area contributed by atoms with Gasteiger partial charge in [-0.15, -0.1) is 0 Å². The average Bonchev–Trinajstić information content (AvgIpc) is 2.91. The van der Waals surface area contributed by atoms with Crippen molar-refractivity contribution in [3.05, 3.63) is 42.5 Å². The van der Waals surface area contributed by atoms with Gasteiger partial charge in [-0.25, -0.2) is 9.78 Å². The Balaban J connectivity index is 1.98. The van der Waals surface area contributed by atoms with Crippen molar-refractivity contribution >= 4 is 36.3 Å². The number of nitrogens with zero attached hydrogens (tertiary/aromatic N) is 1. The van der Waals surface area contributed by atoms with E-state index in [2.05, 4.69) is 38.8 Å². The van der Waals surface area contributed by atoms with Crippen LogP contribution in [0.1, 0.15) is 6.92 Å². The van der Waals surface area contributed by atoms with Gasteiger partial charge in [0.1, 0.15) is 7.85 Å². The molecule has 0 atom stereocenters. The van der Waals surface area contributed by atoms with E-state index >= 15 is 0 Å². The van der Waals surface area contributed by atoms with Gasteiger partial charge < -0.3 is 10.3 Å². The maximum Gasteiger partial charge on any atom is 0.321 e. The molecule has 5 nitrogen and oxygen atoms in total. The second-order valence-electron chi connectivity index (χ2n) is 5.12. The lowest BCUT2D eigenvalue weighted by Crippen LogP contribution is -2.28. The van der Waals surface area contributed by atoms with Crippen molar-refractivity contribution in [2.75, 3.05) is 11.9 Å². The molecule has 6 heteroatoms. The van der Waals surface area contributed by atoms with E-state index in [4.69, 9.17) is 0 Å². The summed E-state index contributed by atoms with van der Waals surface area (Å²) < 4.78 is 0. The van der Waals surface area contributed by atoms with Crippen molar-refractivity contribution in [2.24, 2.45) is 0 Å². The van der Waals surface area contributed by atoms with Crippen LogP contribution in [-0.2, 0) is 0 Å². The van der Waals surface area contributed by atoms with Crippen LogP contribution < -0.4 is 16.1 Å². The quantitative estimate of drug-likeness (QED) is 0.642. The minimum atomic E-state index is -0.262. The lowest BCUT2D eigenvalue weighted by atomic mass is 9.90. The Bertz CT molecular complexity index is 814. The predicted molar refractivity (Wildman–Crippen MR) is 92.4 cm³/mol. The number of aromatic amines is 1. The van der Waals surface area contributed by atoms with E-state index in [9.17, 15) is 4.79 Å². The summed E-state index contributed by atoms with van der Waals surface area (Å²) in [6.45, 7) is 2.44. The van der Waals surface area contributed by atoms with E-state index in [0.717, 1.165) is 27.6 Å². The minimum absolute atomic E-state index is 0.262. The molecule has 3 N–H and O–H groups in total. The molecule has 0 aliphatic heterocycles.